The first kappa shape index (κ1) is 64.0. The van der Waals surface area contributed by atoms with Crippen LogP contribution in [0.25, 0.3) is 0 Å². The van der Waals surface area contributed by atoms with Crippen LogP contribution in [0.2, 0.25) is 0 Å². The smallest absolute Gasteiger partial charge is 0.387 e. The van der Waals surface area contributed by atoms with Crippen molar-refractivity contribution >= 4 is 13.7 Å². The number of rotatable bonds is 52. The summed E-state index contributed by atoms with van der Waals surface area (Å²) in [6, 6.07) is -0.859. The Labute approximate surface area is 404 Å². The summed E-state index contributed by atoms with van der Waals surface area (Å²) in [7, 11) is 1.57. The van der Waals surface area contributed by atoms with E-state index in [1.807, 2.05) is 27.2 Å². The number of allylic oxidation sites excluding steroid dienone is 3. The average molecular weight is 940 g/mol. The monoisotopic (exact) mass is 940 g/mol. The summed E-state index contributed by atoms with van der Waals surface area (Å²) in [6.07, 6.45) is 60.0. The molecular formula is C56H112N2O6P+. The summed E-state index contributed by atoms with van der Waals surface area (Å²) in [5, 5.41) is 13.9. The molecule has 0 radical (unpaired) electrons. The van der Waals surface area contributed by atoms with Gasteiger partial charge in [0.25, 0.3) is 0 Å². The number of phosphoric ester groups is 1. The molecule has 0 aliphatic carbocycles. The quantitative estimate of drug-likeness (QED) is 0.0243. The minimum Gasteiger partial charge on any atom is -0.387 e. The van der Waals surface area contributed by atoms with E-state index < -0.39 is 20.0 Å². The number of phosphoric acid groups is 1. The lowest BCUT2D eigenvalue weighted by Crippen LogP contribution is -2.45. The molecule has 0 aromatic heterocycles. The molecular weight excluding hydrogens is 828 g/mol. The van der Waals surface area contributed by atoms with Crippen LogP contribution in [-0.4, -0.2) is 73.4 Å². The van der Waals surface area contributed by atoms with Crippen LogP contribution in [0.4, 0.5) is 0 Å². The van der Waals surface area contributed by atoms with Crippen LogP contribution in [0.5, 0.6) is 0 Å². The first-order valence-electron chi connectivity index (χ1n) is 28.2. The zero-order valence-corrected chi connectivity index (χ0v) is 44.9. The molecule has 0 heterocycles. The number of carbonyl (C=O) groups excluding carboxylic acids is 1. The lowest BCUT2D eigenvalue weighted by atomic mass is 10.0. The van der Waals surface area contributed by atoms with E-state index in [9.17, 15) is 19.4 Å². The van der Waals surface area contributed by atoms with Gasteiger partial charge in [-0.05, 0) is 32.1 Å². The highest BCUT2D eigenvalue weighted by atomic mass is 31.2. The largest absolute Gasteiger partial charge is 0.472 e. The molecule has 8 nitrogen and oxygen atoms in total. The molecule has 9 heteroatoms. The highest BCUT2D eigenvalue weighted by molar-refractivity contribution is 7.47. The first-order valence-corrected chi connectivity index (χ1v) is 29.7. The predicted octanol–water partition coefficient (Wildman–Crippen LogP) is 16.8. The molecule has 386 valence electrons. The van der Waals surface area contributed by atoms with Gasteiger partial charge in [0.15, 0.2) is 0 Å². The van der Waals surface area contributed by atoms with E-state index in [4.69, 9.17) is 9.05 Å². The molecule has 3 N–H and O–H groups in total. The number of amides is 1. The summed E-state index contributed by atoms with van der Waals surface area (Å²) >= 11 is 0. The summed E-state index contributed by atoms with van der Waals surface area (Å²) in [6.45, 7) is 4.83. The van der Waals surface area contributed by atoms with Crippen LogP contribution in [-0.2, 0) is 18.4 Å². The maximum absolute atomic E-state index is 13.0. The third-order valence-electron chi connectivity index (χ3n) is 12.9. The summed E-state index contributed by atoms with van der Waals surface area (Å²) in [5.74, 6) is -0.181. The van der Waals surface area contributed by atoms with Crippen molar-refractivity contribution in [2.24, 2.45) is 0 Å². The number of aliphatic hydroxyl groups is 1. The van der Waals surface area contributed by atoms with E-state index in [2.05, 4.69) is 31.3 Å². The van der Waals surface area contributed by atoms with Crippen molar-refractivity contribution in [3.8, 4) is 0 Å². The molecule has 65 heavy (non-hydrogen) atoms. The van der Waals surface area contributed by atoms with E-state index in [-0.39, 0.29) is 19.1 Å². The molecule has 1 amide bonds. The molecule has 0 saturated carbocycles. The highest BCUT2D eigenvalue weighted by Gasteiger charge is 2.27. The number of likely N-dealkylation sites (N-methyl/N-ethyl adjacent to an activating group) is 1. The van der Waals surface area contributed by atoms with Crippen molar-refractivity contribution in [2.45, 2.75) is 289 Å². The lowest BCUT2D eigenvalue weighted by molar-refractivity contribution is -0.870. The minimum absolute atomic E-state index is 0.0587. The first-order chi connectivity index (χ1) is 31.5. The number of nitrogens with zero attached hydrogens (tertiary/aromatic N) is 1. The molecule has 3 atom stereocenters. The predicted molar refractivity (Wildman–Crippen MR) is 281 cm³/mol. The number of hydrogen-bond donors (Lipinski definition) is 3. The van der Waals surface area contributed by atoms with Crippen LogP contribution in [0.1, 0.15) is 277 Å². The number of aliphatic hydroxyl groups excluding tert-OH is 1. The lowest BCUT2D eigenvalue weighted by Gasteiger charge is -2.25. The fraction of sp³-hybridized carbons (Fsp3) is 0.911. The van der Waals surface area contributed by atoms with Gasteiger partial charge in [-0.2, -0.15) is 0 Å². The fourth-order valence-electron chi connectivity index (χ4n) is 8.47. The molecule has 0 aromatic carbocycles. The van der Waals surface area contributed by atoms with E-state index in [1.54, 1.807) is 6.08 Å². The Morgan fingerprint density at radius 1 is 0.508 bits per heavy atom. The van der Waals surface area contributed by atoms with E-state index >= 15 is 0 Å². The molecule has 3 unspecified atom stereocenters. The van der Waals surface area contributed by atoms with Crippen molar-refractivity contribution in [3.63, 3.8) is 0 Å². The van der Waals surface area contributed by atoms with Gasteiger partial charge in [0.1, 0.15) is 13.2 Å². The van der Waals surface area contributed by atoms with E-state index in [0.29, 0.717) is 17.4 Å². The SMILES string of the molecule is CCCCCCCCCCCCC/C=C/CC/C=C/C(O)C(COP(=O)(O)OCC[N+](C)(C)C)NC(=O)CCCCCCCCCCCCCCCCCCCCCCCCCCCC. The minimum atomic E-state index is -4.35. The van der Waals surface area contributed by atoms with Crippen molar-refractivity contribution in [3.05, 3.63) is 24.3 Å². The average Bonchev–Trinajstić information content (AvgIpc) is 3.26. The van der Waals surface area contributed by atoms with Gasteiger partial charge in [0, 0.05) is 6.42 Å². The Hall–Kier alpha value is -1.02. The Morgan fingerprint density at radius 2 is 0.846 bits per heavy atom. The topological polar surface area (TPSA) is 105 Å². The third kappa shape index (κ3) is 50.7. The van der Waals surface area contributed by atoms with Gasteiger partial charge >= 0.3 is 7.82 Å². The zero-order valence-electron chi connectivity index (χ0n) is 44.0. The van der Waals surface area contributed by atoms with Gasteiger partial charge < -0.3 is 19.8 Å². The Morgan fingerprint density at radius 3 is 1.23 bits per heavy atom. The van der Waals surface area contributed by atoms with Crippen LogP contribution >= 0.6 is 7.82 Å². The molecule has 0 spiro atoms. The van der Waals surface area contributed by atoms with Crippen molar-refractivity contribution < 1.29 is 32.9 Å². The van der Waals surface area contributed by atoms with E-state index in [1.165, 1.54) is 218 Å². The summed E-state index contributed by atoms with van der Waals surface area (Å²) < 4.78 is 23.7. The Kier molecular flexibility index (Phi) is 47.3. The second-order valence-corrected chi connectivity index (χ2v) is 22.1. The van der Waals surface area contributed by atoms with Crippen LogP contribution in [0.3, 0.4) is 0 Å². The number of unbranched alkanes of at least 4 members (excludes halogenated alkanes) is 37. The van der Waals surface area contributed by atoms with Gasteiger partial charge in [-0.15, -0.1) is 0 Å². The van der Waals surface area contributed by atoms with Gasteiger partial charge in [0.05, 0.1) is 39.9 Å². The van der Waals surface area contributed by atoms with Crippen molar-refractivity contribution in [1.29, 1.82) is 0 Å². The van der Waals surface area contributed by atoms with Gasteiger partial charge in [-0.25, -0.2) is 4.57 Å². The fourth-order valence-corrected chi connectivity index (χ4v) is 9.21. The zero-order chi connectivity index (χ0) is 47.8. The Bertz CT molecular complexity index is 1110. The number of carbonyl (C=O) groups is 1. The molecule has 0 bridgehead atoms. The number of quaternary nitrogens is 1. The second kappa shape index (κ2) is 48.0. The van der Waals surface area contributed by atoms with Gasteiger partial charge in [0.2, 0.25) is 5.91 Å². The molecule has 0 aliphatic heterocycles. The van der Waals surface area contributed by atoms with Crippen LogP contribution in [0.15, 0.2) is 24.3 Å². The van der Waals surface area contributed by atoms with Crippen LogP contribution < -0.4 is 5.32 Å². The maximum atomic E-state index is 13.0. The normalized spacial score (nSPS) is 14.1. The van der Waals surface area contributed by atoms with Crippen LogP contribution in [0, 0.1) is 0 Å². The number of hydrogen-bond acceptors (Lipinski definition) is 5. The molecule has 0 rings (SSSR count). The van der Waals surface area contributed by atoms with Crippen molar-refractivity contribution in [1.82, 2.24) is 5.32 Å². The van der Waals surface area contributed by atoms with Crippen molar-refractivity contribution in [2.75, 3.05) is 40.9 Å². The maximum Gasteiger partial charge on any atom is 0.472 e. The Balaban J connectivity index is 4.18. The number of nitrogens with one attached hydrogen (secondary N) is 1. The van der Waals surface area contributed by atoms with Gasteiger partial charge in [-0.1, -0.05) is 263 Å². The van der Waals surface area contributed by atoms with Gasteiger partial charge in [-0.3, -0.25) is 13.8 Å². The summed E-state index contributed by atoms with van der Waals surface area (Å²) in [5.41, 5.74) is 0. The molecule has 0 fully saturated rings. The molecule has 0 saturated heterocycles. The standard InChI is InChI=1S/C56H111N2O6P/c1-6-8-10-12-14-16-18-20-22-24-25-26-27-28-29-30-31-32-34-36-38-40-42-44-46-48-50-56(60)57-54(53-64-65(61,62)63-52-51-58(3,4)5)55(59)49-47-45-43-41-39-37-35-33-23-21-19-17-15-13-11-9-7-2/h39,41,47,49,54-55,59H,6-38,40,42-46,48,50-53H2,1-5H3,(H-,57,60,61,62)/p+1/b41-39+,49-47+. The highest BCUT2D eigenvalue weighted by Crippen LogP contribution is 2.43. The second-order valence-electron chi connectivity index (χ2n) is 20.7. The van der Waals surface area contributed by atoms with E-state index in [0.717, 1.165) is 38.5 Å². The summed E-state index contributed by atoms with van der Waals surface area (Å²) in [4.78, 5) is 23.3. The molecule has 0 aromatic rings. The third-order valence-corrected chi connectivity index (χ3v) is 13.9. The molecule has 0 aliphatic rings.